The van der Waals surface area contributed by atoms with Crippen molar-refractivity contribution >= 4 is 22.7 Å². The number of benzene rings is 1. The zero-order chi connectivity index (χ0) is 19.8. The van der Waals surface area contributed by atoms with Crippen molar-refractivity contribution in [2.45, 2.75) is 25.7 Å². The van der Waals surface area contributed by atoms with Crippen LogP contribution in [0.5, 0.6) is 5.75 Å². The second-order valence-electron chi connectivity index (χ2n) is 7.40. The Balaban J connectivity index is 1.33. The van der Waals surface area contributed by atoms with Crippen LogP contribution in [0.2, 0.25) is 0 Å². The van der Waals surface area contributed by atoms with Gasteiger partial charge in [0.2, 0.25) is 0 Å². The Labute approximate surface area is 173 Å². The van der Waals surface area contributed by atoms with Gasteiger partial charge in [-0.15, -0.1) is 11.3 Å². The molecular weight excluding hydrogens is 382 g/mol. The van der Waals surface area contributed by atoms with Crippen molar-refractivity contribution in [2.24, 2.45) is 0 Å². The van der Waals surface area contributed by atoms with Crippen LogP contribution in [0.3, 0.4) is 0 Å². The highest BCUT2D eigenvalue weighted by Gasteiger charge is 2.25. The summed E-state index contributed by atoms with van der Waals surface area (Å²) in [6.45, 7) is 3.97. The highest BCUT2D eigenvalue weighted by molar-refractivity contribution is 7.10. The lowest BCUT2D eigenvalue weighted by molar-refractivity contribution is 0.416. The Hall–Kier alpha value is -2.93. The molecule has 5 rings (SSSR count). The van der Waals surface area contributed by atoms with Gasteiger partial charge >= 0.3 is 0 Å². The number of piperidine rings is 1. The molecule has 0 atom stereocenters. The van der Waals surface area contributed by atoms with E-state index in [1.807, 2.05) is 42.0 Å². The van der Waals surface area contributed by atoms with Crippen LogP contribution in [0.4, 0.5) is 5.82 Å². The number of ether oxygens (including phenoxy) is 1. The fourth-order valence-corrected chi connectivity index (χ4v) is 5.06. The number of para-hydroxylation sites is 1. The second-order valence-corrected chi connectivity index (χ2v) is 8.29. The van der Waals surface area contributed by atoms with Crippen LogP contribution in [0.15, 0.2) is 48.1 Å². The van der Waals surface area contributed by atoms with Crippen LogP contribution in [-0.4, -0.2) is 39.8 Å². The molecule has 0 bridgehead atoms. The normalized spacial score (nSPS) is 15.2. The molecule has 0 N–H and O–H groups in total. The number of thiazole rings is 1. The van der Waals surface area contributed by atoms with Crippen LogP contribution in [0, 0.1) is 6.92 Å². The predicted molar refractivity (Wildman–Crippen MR) is 116 cm³/mol. The molecule has 0 unspecified atom stereocenters. The number of hydrogen-bond donors (Lipinski definition) is 0. The summed E-state index contributed by atoms with van der Waals surface area (Å²) in [5.41, 5.74) is 4.16. The van der Waals surface area contributed by atoms with E-state index in [-0.39, 0.29) is 0 Å². The quantitative estimate of drug-likeness (QED) is 0.498. The molecule has 1 fully saturated rings. The Morgan fingerprint density at radius 1 is 1.17 bits per heavy atom. The SMILES string of the molecule is COc1ccccc1-c1csc(C2CCN(c3nccn4nc(C)cc34)CC2)n1. The largest absolute Gasteiger partial charge is 0.496 e. The number of rotatable bonds is 4. The van der Waals surface area contributed by atoms with E-state index in [1.165, 1.54) is 5.01 Å². The highest BCUT2D eigenvalue weighted by atomic mass is 32.1. The van der Waals surface area contributed by atoms with E-state index >= 15 is 0 Å². The third-order valence-corrected chi connectivity index (χ3v) is 6.55. The van der Waals surface area contributed by atoms with Gasteiger partial charge in [-0.05, 0) is 38.0 Å². The number of aromatic nitrogens is 4. The second kappa shape index (κ2) is 7.48. The molecule has 0 spiro atoms. The molecule has 29 heavy (non-hydrogen) atoms. The average Bonchev–Trinajstić information content (AvgIpc) is 3.39. The number of nitrogens with zero attached hydrogens (tertiary/aromatic N) is 5. The Morgan fingerprint density at radius 3 is 2.83 bits per heavy atom. The lowest BCUT2D eigenvalue weighted by Gasteiger charge is -2.32. The molecule has 1 aliphatic heterocycles. The first kappa shape index (κ1) is 18.1. The first-order valence-electron chi connectivity index (χ1n) is 9.87. The van der Waals surface area contributed by atoms with Crippen molar-refractivity contribution < 1.29 is 4.74 Å². The molecule has 0 aliphatic carbocycles. The van der Waals surface area contributed by atoms with E-state index in [4.69, 9.17) is 9.72 Å². The van der Waals surface area contributed by atoms with Gasteiger partial charge in [0.1, 0.15) is 11.3 Å². The highest BCUT2D eigenvalue weighted by Crippen LogP contribution is 2.36. The summed E-state index contributed by atoms with van der Waals surface area (Å²) in [6.07, 6.45) is 5.90. The number of fused-ring (bicyclic) bond motifs is 1. The summed E-state index contributed by atoms with van der Waals surface area (Å²) >= 11 is 1.76. The Bertz CT molecular complexity index is 1140. The maximum Gasteiger partial charge on any atom is 0.154 e. The standard InChI is InChI=1S/C22H23N5OS/c1-15-13-19-21(23-9-12-27(19)25-15)26-10-7-16(8-11-26)22-24-18(14-29-22)17-5-3-4-6-20(17)28-2/h3-6,9,12-14,16H,7-8,10-11H2,1-2H3. The van der Waals surface area contributed by atoms with Crippen LogP contribution in [0.1, 0.15) is 29.5 Å². The van der Waals surface area contributed by atoms with Gasteiger partial charge in [-0.1, -0.05) is 12.1 Å². The summed E-state index contributed by atoms with van der Waals surface area (Å²) in [7, 11) is 1.71. The maximum atomic E-state index is 5.50. The van der Waals surface area contributed by atoms with E-state index in [0.717, 1.165) is 60.0 Å². The molecule has 1 saturated heterocycles. The zero-order valence-corrected chi connectivity index (χ0v) is 17.4. The van der Waals surface area contributed by atoms with E-state index < -0.39 is 0 Å². The van der Waals surface area contributed by atoms with Gasteiger partial charge in [-0.3, -0.25) is 0 Å². The van der Waals surface area contributed by atoms with E-state index in [2.05, 4.69) is 32.5 Å². The number of aryl methyl sites for hydroxylation is 1. The van der Waals surface area contributed by atoms with E-state index in [9.17, 15) is 0 Å². The van der Waals surface area contributed by atoms with Crippen molar-refractivity contribution in [2.75, 3.05) is 25.1 Å². The minimum absolute atomic E-state index is 0.492. The summed E-state index contributed by atoms with van der Waals surface area (Å²) < 4.78 is 7.42. The molecular formula is C22H23N5OS. The summed E-state index contributed by atoms with van der Waals surface area (Å²) in [5, 5.41) is 7.88. The van der Waals surface area contributed by atoms with Crippen LogP contribution >= 0.6 is 11.3 Å². The van der Waals surface area contributed by atoms with Gasteiger partial charge in [-0.2, -0.15) is 5.10 Å². The molecule has 6 nitrogen and oxygen atoms in total. The van der Waals surface area contributed by atoms with Gasteiger partial charge in [0.15, 0.2) is 5.82 Å². The molecule has 7 heteroatoms. The molecule has 1 aliphatic rings. The zero-order valence-electron chi connectivity index (χ0n) is 16.6. The van der Waals surface area contributed by atoms with E-state index in [1.54, 1.807) is 18.4 Å². The van der Waals surface area contributed by atoms with Gasteiger partial charge in [0, 0.05) is 42.3 Å². The van der Waals surface area contributed by atoms with Crippen molar-refractivity contribution in [3.05, 3.63) is 58.8 Å². The van der Waals surface area contributed by atoms with Gasteiger partial charge in [0.25, 0.3) is 0 Å². The molecule has 0 radical (unpaired) electrons. The minimum Gasteiger partial charge on any atom is -0.496 e. The van der Waals surface area contributed by atoms with Gasteiger partial charge in [0.05, 0.1) is 23.5 Å². The van der Waals surface area contributed by atoms with Crippen LogP contribution in [0.25, 0.3) is 16.8 Å². The summed E-state index contributed by atoms with van der Waals surface area (Å²) in [4.78, 5) is 12.0. The molecule has 4 heterocycles. The number of anilines is 1. The first-order chi connectivity index (χ1) is 14.2. The lowest BCUT2D eigenvalue weighted by atomic mass is 9.97. The molecule has 3 aromatic heterocycles. The third-order valence-electron chi connectivity index (χ3n) is 5.54. The summed E-state index contributed by atoms with van der Waals surface area (Å²) in [5.74, 6) is 2.39. The fourth-order valence-electron chi connectivity index (χ4n) is 4.07. The van der Waals surface area contributed by atoms with Crippen molar-refractivity contribution in [1.29, 1.82) is 0 Å². The number of hydrogen-bond acceptors (Lipinski definition) is 6. The smallest absolute Gasteiger partial charge is 0.154 e. The molecule has 148 valence electrons. The van der Waals surface area contributed by atoms with Crippen molar-refractivity contribution in [3.63, 3.8) is 0 Å². The van der Waals surface area contributed by atoms with Crippen LogP contribution in [-0.2, 0) is 0 Å². The Morgan fingerprint density at radius 2 is 2.00 bits per heavy atom. The van der Waals surface area contributed by atoms with Crippen molar-refractivity contribution in [1.82, 2.24) is 19.6 Å². The maximum absolute atomic E-state index is 5.50. The van der Waals surface area contributed by atoms with Crippen LogP contribution < -0.4 is 9.64 Å². The topological polar surface area (TPSA) is 55.5 Å². The Kier molecular flexibility index (Phi) is 4.67. The van der Waals surface area contributed by atoms with Gasteiger partial charge < -0.3 is 9.64 Å². The molecule has 0 saturated carbocycles. The monoisotopic (exact) mass is 405 g/mol. The van der Waals surface area contributed by atoms with Crippen molar-refractivity contribution in [3.8, 4) is 17.0 Å². The lowest BCUT2D eigenvalue weighted by Crippen LogP contribution is -2.33. The molecule has 1 aromatic carbocycles. The number of methoxy groups -OCH3 is 1. The first-order valence-corrected chi connectivity index (χ1v) is 10.8. The average molecular weight is 406 g/mol. The predicted octanol–water partition coefficient (Wildman–Crippen LogP) is 4.55. The fraction of sp³-hybridized carbons (Fsp3) is 0.318. The summed E-state index contributed by atoms with van der Waals surface area (Å²) in [6, 6.07) is 10.2. The third kappa shape index (κ3) is 3.35. The minimum atomic E-state index is 0.492. The molecule has 0 amide bonds. The van der Waals surface area contributed by atoms with Gasteiger partial charge in [-0.25, -0.2) is 14.5 Å². The van der Waals surface area contributed by atoms with E-state index in [0.29, 0.717) is 5.92 Å². The molecule has 4 aromatic rings.